The van der Waals surface area contributed by atoms with E-state index in [4.69, 9.17) is 14.2 Å². The van der Waals surface area contributed by atoms with E-state index in [0.29, 0.717) is 36.0 Å². The molecule has 0 spiro atoms. The molecule has 7 nitrogen and oxygen atoms in total. The number of ether oxygens (including phenoxy) is 3. The summed E-state index contributed by atoms with van der Waals surface area (Å²) >= 11 is 0. The molecule has 1 aromatic carbocycles. The summed E-state index contributed by atoms with van der Waals surface area (Å²) in [6.07, 6.45) is 3.34. The maximum absolute atomic E-state index is 12.2. The molecule has 2 heterocycles. The van der Waals surface area contributed by atoms with Crippen LogP contribution in [-0.4, -0.2) is 49.3 Å². The maximum Gasteiger partial charge on any atom is 0.322 e. The highest BCUT2D eigenvalue weighted by atomic mass is 16.5. The first kappa shape index (κ1) is 15.9. The van der Waals surface area contributed by atoms with Crippen molar-refractivity contribution in [2.24, 2.45) is 0 Å². The quantitative estimate of drug-likeness (QED) is 0.912. The van der Waals surface area contributed by atoms with Crippen LogP contribution in [0.3, 0.4) is 0 Å². The van der Waals surface area contributed by atoms with Gasteiger partial charge in [-0.3, -0.25) is 4.98 Å². The number of hydrogen-bond donors (Lipinski definition) is 1. The Morgan fingerprint density at radius 1 is 1.21 bits per heavy atom. The molecule has 0 radical (unpaired) electrons. The lowest BCUT2D eigenvalue weighted by molar-refractivity contribution is 0.0490. The number of likely N-dealkylation sites (tertiary alicyclic amines) is 1. The first-order chi connectivity index (χ1) is 11.7. The fourth-order valence-corrected chi connectivity index (χ4v) is 2.40. The lowest BCUT2D eigenvalue weighted by Gasteiger charge is -2.38. The highest BCUT2D eigenvalue weighted by Gasteiger charge is 2.32. The third kappa shape index (κ3) is 3.51. The van der Waals surface area contributed by atoms with Gasteiger partial charge in [0.05, 0.1) is 33.5 Å². The van der Waals surface area contributed by atoms with Crippen molar-refractivity contribution in [3.8, 4) is 17.2 Å². The van der Waals surface area contributed by atoms with Gasteiger partial charge in [-0.25, -0.2) is 4.79 Å². The van der Waals surface area contributed by atoms with Crippen LogP contribution >= 0.6 is 0 Å². The summed E-state index contributed by atoms with van der Waals surface area (Å²) in [6, 6.07) is 8.73. The van der Waals surface area contributed by atoms with Gasteiger partial charge in [0.25, 0.3) is 0 Å². The van der Waals surface area contributed by atoms with Crippen molar-refractivity contribution in [1.82, 2.24) is 9.88 Å². The molecule has 3 rings (SSSR count). The Balaban J connectivity index is 1.52. The SMILES string of the molecule is COc1ccc(NC(=O)N2CC(Oc3cccnc3)C2)cc1OC. The number of carbonyl (C=O) groups excluding carboxylic acids is 1. The van der Waals surface area contributed by atoms with Crippen molar-refractivity contribution >= 4 is 11.7 Å². The molecule has 0 unspecified atom stereocenters. The average molecular weight is 329 g/mol. The van der Waals surface area contributed by atoms with E-state index in [1.807, 2.05) is 12.1 Å². The minimum absolute atomic E-state index is 0.00893. The summed E-state index contributed by atoms with van der Waals surface area (Å²) < 4.78 is 16.1. The van der Waals surface area contributed by atoms with Gasteiger partial charge in [-0.15, -0.1) is 0 Å². The molecule has 0 saturated carbocycles. The van der Waals surface area contributed by atoms with E-state index in [1.54, 1.807) is 49.7 Å². The molecule has 2 aromatic rings. The highest BCUT2D eigenvalue weighted by molar-refractivity contribution is 5.90. The monoisotopic (exact) mass is 329 g/mol. The van der Waals surface area contributed by atoms with Crippen LogP contribution in [0.5, 0.6) is 17.2 Å². The van der Waals surface area contributed by atoms with E-state index in [-0.39, 0.29) is 12.1 Å². The van der Waals surface area contributed by atoms with Crippen LogP contribution in [0.15, 0.2) is 42.7 Å². The van der Waals surface area contributed by atoms with Crippen molar-refractivity contribution < 1.29 is 19.0 Å². The molecule has 126 valence electrons. The first-order valence-electron chi connectivity index (χ1n) is 7.54. The number of nitrogens with one attached hydrogen (secondary N) is 1. The minimum Gasteiger partial charge on any atom is -0.493 e. The molecule has 1 aliphatic heterocycles. The van der Waals surface area contributed by atoms with Crippen molar-refractivity contribution in [2.45, 2.75) is 6.10 Å². The third-order valence-electron chi connectivity index (χ3n) is 3.71. The smallest absolute Gasteiger partial charge is 0.322 e. The average Bonchev–Trinajstić information content (AvgIpc) is 2.58. The standard InChI is InChI=1S/C17H19N3O4/c1-22-15-6-5-12(8-16(15)23-2)19-17(21)20-10-14(11-20)24-13-4-3-7-18-9-13/h3-9,14H,10-11H2,1-2H3,(H,19,21). The summed E-state index contributed by atoms with van der Waals surface area (Å²) in [5, 5.41) is 2.84. The number of methoxy groups -OCH3 is 2. The predicted octanol–water partition coefficient (Wildman–Crippen LogP) is 2.39. The second kappa shape index (κ2) is 7.08. The maximum atomic E-state index is 12.2. The van der Waals surface area contributed by atoms with Gasteiger partial charge in [-0.2, -0.15) is 0 Å². The predicted molar refractivity (Wildman–Crippen MR) is 88.8 cm³/mol. The van der Waals surface area contributed by atoms with Crippen LogP contribution in [0.25, 0.3) is 0 Å². The molecule has 1 N–H and O–H groups in total. The van der Waals surface area contributed by atoms with Gasteiger partial charge in [-0.05, 0) is 24.3 Å². The van der Waals surface area contributed by atoms with Crippen molar-refractivity contribution in [2.75, 3.05) is 32.6 Å². The molecule has 1 aromatic heterocycles. The highest BCUT2D eigenvalue weighted by Crippen LogP contribution is 2.30. The van der Waals surface area contributed by atoms with Gasteiger partial charge < -0.3 is 24.4 Å². The van der Waals surface area contributed by atoms with Gasteiger partial charge in [-0.1, -0.05) is 0 Å². The van der Waals surface area contributed by atoms with Gasteiger partial charge in [0.15, 0.2) is 11.5 Å². The number of benzene rings is 1. The van der Waals surface area contributed by atoms with Crippen LogP contribution < -0.4 is 19.5 Å². The van der Waals surface area contributed by atoms with Crippen LogP contribution in [0.2, 0.25) is 0 Å². The molecule has 7 heteroatoms. The second-order valence-electron chi connectivity index (χ2n) is 5.33. The zero-order chi connectivity index (χ0) is 16.9. The molecule has 1 aliphatic rings. The van der Waals surface area contributed by atoms with Gasteiger partial charge in [0.2, 0.25) is 0 Å². The number of rotatable bonds is 5. The summed E-state index contributed by atoms with van der Waals surface area (Å²) in [4.78, 5) is 17.9. The Morgan fingerprint density at radius 3 is 2.67 bits per heavy atom. The topological polar surface area (TPSA) is 72.9 Å². The van der Waals surface area contributed by atoms with E-state index in [9.17, 15) is 4.79 Å². The van der Waals surface area contributed by atoms with Crippen LogP contribution in [-0.2, 0) is 0 Å². The number of anilines is 1. The number of aromatic nitrogens is 1. The summed E-state index contributed by atoms with van der Waals surface area (Å²) in [7, 11) is 3.12. The van der Waals surface area contributed by atoms with Crippen molar-refractivity contribution in [3.05, 3.63) is 42.7 Å². The van der Waals surface area contributed by atoms with Crippen LogP contribution in [0.4, 0.5) is 10.5 Å². The van der Waals surface area contributed by atoms with E-state index < -0.39 is 0 Å². The fraction of sp³-hybridized carbons (Fsp3) is 0.294. The van der Waals surface area contributed by atoms with Crippen molar-refractivity contribution in [1.29, 1.82) is 0 Å². The van der Waals surface area contributed by atoms with E-state index >= 15 is 0 Å². The zero-order valence-electron chi connectivity index (χ0n) is 13.6. The minimum atomic E-state index is -0.173. The van der Waals surface area contributed by atoms with Gasteiger partial charge in [0.1, 0.15) is 11.9 Å². The number of urea groups is 1. The molecule has 0 aliphatic carbocycles. The first-order valence-corrected chi connectivity index (χ1v) is 7.54. The van der Waals surface area contributed by atoms with E-state index in [1.165, 1.54) is 0 Å². The molecular formula is C17H19N3O4. The lowest BCUT2D eigenvalue weighted by Crippen LogP contribution is -2.57. The Morgan fingerprint density at radius 2 is 2.00 bits per heavy atom. The molecule has 1 saturated heterocycles. The molecular weight excluding hydrogens is 310 g/mol. The zero-order valence-corrected chi connectivity index (χ0v) is 13.6. The second-order valence-corrected chi connectivity index (χ2v) is 5.33. The molecule has 2 amide bonds. The lowest BCUT2D eigenvalue weighted by atomic mass is 10.2. The molecule has 24 heavy (non-hydrogen) atoms. The van der Waals surface area contributed by atoms with Crippen molar-refractivity contribution in [3.63, 3.8) is 0 Å². The Hall–Kier alpha value is -2.96. The summed E-state index contributed by atoms with van der Waals surface area (Å²) in [6.45, 7) is 1.07. The van der Waals surface area contributed by atoms with E-state index in [2.05, 4.69) is 10.3 Å². The van der Waals surface area contributed by atoms with Crippen LogP contribution in [0, 0.1) is 0 Å². The van der Waals surface area contributed by atoms with Gasteiger partial charge in [0, 0.05) is 18.0 Å². The molecule has 0 bridgehead atoms. The Bertz CT molecular complexity index is 702. The number of pyridine rings is 1. The van der Waals surface area contributed by atoms with E-state index in [0.717, 1.165) is 0 Å². The number of hydrogen-bond acceptors (Lipinski definition) is 5. The normalized spacial score (nSPS) is 13.8. The molecule has 1 fully saturated rings. The number of nitrogens with zero attached hydrogens (tertiary/aromatic N) is 2. The Kier molecular flexibility index (Phi) is 4.69. The third-order valence-corrected chi connectivity index (χ3v) is 3.71. The molecule has 0 atom stereocenters. The summed E-state index contributed by atoms with van der Waals surface area (Å²) in [5.74, 6) is 1.89. The van der Waals surface area contributed by atoms with Crippen LogP contribution in [0.1, 0.15) is 0 Å². The Labute approximate surface area is 140 Å². The van der Waals surface area contributed by atoms with Gasteiger partial charge >= 0.3 is 6.03 Å². The fourth-order valence-electron chi connectivity index (χ4n) is 2.40. The number of amides is 2. The summed E-state index contributed by atoms with van der Waals surface area (Å²) in [5.41, 5.74) is 0.647. The largest absolute Gasteiger partial charge is 0.493 e. The number of carbonyl (C=O) groups is 1.